The van der Waals surface area contributed by atoms with E-state index in [0.29, 0.717) is 29.7 Å². The summed E-state index contributed by atoms with van der Waals surface area (Å²) in [5.74, 6) is -0.437. The minimum Gasteiger partial charge on any atom is -0.466 e. The zero-order valence-corrected chi connectivity index (χ0v) is 14.8. The molecule has 26 heavy (non-hydrogen) atoms. The van der Waals surface area contributed by atoms with Crippen molar-refractivity contribution in [2.45, 2.75) is 32.9 Å². The van der Waals surface area contributed by atoms with Gasteiger partial charge in [-0.3, -0.25) is 9.78 Å². The molecule has 1 aliphatic heterocycles. The molecular weight excluding hydrogens is 345 g/mol. The average molecular weight is 366 g/mol. The molecule has 3 rings (SSSR count). The number of hydrogen-bond donors (Lipinski definition) is 0. The van der Waals surface area contributed by atoms with Crippen LogP contribution in [0.4, 0.5) is 18.9 Å². The summed E-state index contributed by atoms with van der Waals surface area (Å²) in [4.78, 5) is 18.4. The van der Waals surface area contributed by atoms with Gasteiger partial charge in [-0.15, -0.1) is 0 Å². The highest BCUT2D eigenvalue weighted by Gasteiger charge is 2.32. The molecule has 4 nitrogen and oxygen atoms in total. The van der Waals surface area contributed by atoms with E-state index in [0.717, 1.165) is 37.2 Å². The van der Waals surface area contributed by atoms with Crippen LogP contribution in [-0.2, 0) is 15.7 Å². The number of anilines is 1. The first-order chi connectivity index (χ1) is 12.3. The zero-order valence-electron chi connectivity index (χ0n) is 14.8. The summed E-state index contributed by atoms with van der Waals surface area (Å²) in [5, 5.41) is 0.660. The maximum Gasteiger partial charge on any atom is 0.416 e. The van der Waals surface area contributed by atoms with Crippen LogP contribution in [0.25, 0.3) is 10.9 Å². The van der Waals surface area contributed by atoms with Crippen molar-refractivity contribution >= 4 is 22.6 Å². The highest BCUT2D eigenvalue weighted by atomic mass is 19.4. The Morgan fingerprint density at radius 1 is 1.35 bits per heavy atom. The molecule has 0 N–H and O–H groups in total. The molecule has 1 fully saturated rings. The third kappa shape index (κ3) is 3.76. The number of alkyl halides is 3. The first-order valence-electron chi connectivity index (χ1n) is 8.69. The van der Waals surface area contributed by atoms with E-state index >= 15 is 0 Å². The smallest absolute Gasteiger partial charge is 0.416 e. The summed E-state index contributed by atoms with van der Waals surface area (Å²) >= 11 is 0. The summed E-state index contributed by atoms with van der Waals surface area (Å²) < 4.78 is 44.1. The monoisotopic (exact) mass is 366 g/mol. The van der Waals surface area contributed by atoms with Gasteiger partial charge in [-0.25, -0.2) is 0 Å². The van der Waals surface area contributed by atoms with Crippen molar-refractivity contribution in [1.82, 2.24) is 4.98 Å². The maximum atomic E-state index is 13.0. The van der Waals surface area contributed by atoms with Crippen LogP contribution in [-0.4, -0.2) is 30.6 Å². The number of hydrogen-bond acceptors (Lipinski definition) is 4. The van der Waals surface area contributed by atoms with Gasteiger partial charge >= 0.3 is 12.1 Å². The van der Waals surface area contributed by atoms with Crippen LogP contribution >= 0.6 is 0 Å². The molecule has 1 unspecified atom stereocenters. The SMILES string of the molecule is CCOC(=O)C1CCCN(c2cc(C)nc3cc(C(F)(F)F)ccc23)C1. The summed E-state index contributed by atoms with van der Waals surface area (Å²) in [5.41, 5.74) is 1.06. The predicted molar refractivity (Wildman–Crippen MR) is 93.1 cm³/mol. The van der Waals surface area contributed by atoms with Gasteiger partial charge in [0.25, 0.3) is 0 Å². The fourth-order valence-electron chi connectivity index (χ4n) is 3.43. The number of halogens is 3. The third-order valence-electron chi connectivity index (χ3n) is 4.63. The quantitative estimate of drug-likeness (QED) is 0.758. The van der Waals surface area contributed by atoms with Gasteiger partial charge in [0.2, 0.25) is 0 Å². The number of carbonyl (C=O) groups excluding carboxylic acids is 1. The molecule has 1 aromatic carbocycles. The number of nitrogens with zero attached hydrogens (tertiary/aromatic N) is 2. The molecule has 0 amide bonds. The Kier molecular flexibility index (Phi) is 5.07. The second-order valence-corrected chi connectivity index (χ2v) is 6.55. The van der Waals surface area contributed by atoms with Crippen LogP contribution in [0, 0.1) is 12.8 Å². The van der Waals surface area contributed by atoms with Crippen molar-refractivity contribution in [2.24, 2.45) is 5.92 Å². The van der Waals surface area contributed by atoms with Crippen LogP contribution in [0.2, 0.25) is 0 Å². The van der Waals surface area contributed by atoms with E-state index in [1.165, 1.54) is 6.07 Å². The molecule has 140 valence electrons. The van der Waals surface area contributed by atoms with E-state index in [4.69, 9.17) is 4.74 Å². The van der Waals surface area contributed by atoms with Crippen molar-refractivity contribution < 1.29 is 22.7 Å². The van der Waals surface area contributed by atoms with Gasteiger partial charge in [-0.05, 0) is 44.9 Å². The first kappa shape index (κ1) is 18.5. The molecule has 1 atom stereocenters. The molecule has 1 aliphatic rings. The maximum absolute atomic E-state index is 13.0. The lowest BCUT2D eigenvalue weighted by Crippen LogP contribution is -2.39. The predicted octanol–water partition coefficient (Wildman–Crippen LogP) is 4.34. The van der Waals surface area contributed by atoms with Crippen molar-refractivity contribution in [1.29, 1.82) is 0 Å². The number of pyridine rings is 1. The minimum absolute atomic E-state index is 0.216. The van der Waals surface area contributed by atoms with Crippen LogP contribution in [0.3, 0.4) is 0 Å². The van der Waals surface area contributed by atoms with Gasteiger partial charge in [0, 0.05) is 29.9 Å². The molecule has 2 heterocycles. The number of esters is 1. The lowest BCUT2D eigenvalue weighted by atomic mass is 9.97. The topological polar surface area (TPSA) is 42.4 Å². The average Bonchev–Trinajstić information content (AvgIpc) is 2.60. The highest BCUT2D eigenvalue weighted by molar-refractivity contribution is 5.92. The molecule has 0 radical (unpaired) electrons. The standard InChI is InChI=1S/C19H21F3N2O2/c1-3-26-18(25)13-5-4-8-24(11-13)17-9-12(2)23-16-10-14(19(20,21)22)6-7-15(16)17/h6-7,9-10,13H,3-5,8,11H2,1-2H3. The van der Waals surface area contributed by atoms with E-state index in [9.17, 15) is 18.0 Å². The Bertz CT molecular complexity index is 820. The van der Waals surface area contributed by atoms with Gasteiger partial charge in [0.15, 0.2) is 0 Å². The van der Waals surface area contributed by atoms with Crippen molar-refractivity contribution in [3.05, 3.63) is 35.5 Å². The summed E-state index contributed by atoms with van der Waals surface area (Å²) in [7, 11) is 0. The number of rotatable bonds is 3. The fourth-order valence-corrected chi connectivity index (χ4v) is 3.43. The Hall–Kier alpha value is -2.31. The number of carbonyl (C=O) groups is 1. The van der Waals surface area contributed by atoms with E-state index < -0.39 is 11.7 Å². The Labute approximate surface area is 150 Å². The number of ether oxygens (including phenoxy) is 1. The number of benzene rings is 1. The molecule has 0 spiro atoms. The Morgan fingerprint density at radius 3 is 2.81 bits per heavy atom. The number of aromatic nitrogens is 1. The molecule has 1 saturated heterocycles. The fraction of sp³-hybridized carbons (Fsp3) is 0.474. The summed E-state index contributed by atoms with van der Waals surface area (Å²) in [6.45, 7) is 5.12. The van der Waals surface area contributed by atoms with E-state index in [1.807, 2.05) is 6.07 Å². The van der Waals surface area contributed by atoms with E-state index in [1.54, 1.807) is 13.8 Å². The van der Waals surface area contributed by atoms with Gasteiger partial charge < -0.3 is 9.64 Å². The van der Waals surface area contributed by atoms with E-state index in [2.05, 4.69) is 9.88 Å². The van der Waals surface area contributed by atoms with Crippen LogP contribution in [0.15, 0.2) is 24.3 Å². The van der Waals surface area contributed by atoms with Crippen molar-refractivity contribution in [2.75, 3.05) is 24.6 Å². The summed E-state index contributed by atoms with van der Waals surface area (Å²) in [6, 6.07) is 5.49. The van der Waals surface area contributed by atoms with E-state index in [-0.39, 0.29) is 11.9 Å². The van der Waals surface area contributed by atoms with Gasteiger partial charge in [0.1, 0.15) is 0 Å². The number of aryl methyl sites for hydroxylation is 1. The lowest BCUT2D eigenvalue weighted by molar-refractivity contribution is -0.148. The molecule has 0 bridgehead atoms. The number of fused-ring (bicyclic) bond motifs is 1. The Morgan fingerprint density at radius 2 is 2.12 bits per heavy atom. The molecule has 2 aromatic rings. The second-order valence-electron chi connectivity index (χ2n) is 6.55. The van der Waals surface area contributed by atoms with Gasteiger partial charge in [-0.2, -0.15) is 13.2 Å². The molecular formula is C19H21F3N2O2. The zero-order chi connectivity index (χ0) is 18.9. The minimum atomic E-state index is -4.40. The van der Waals surface area contributed by atoms with Crippen molar-refractivity contribution in [3.8, 4) is 0 Å². The normalized spacial score (nSPS) is 18.2. The lowest BCUT2D eigenvalue weighted by Gasteiger charge is -2.34. The molecule has 0 saturated carbocycles. The van der Waals surface area contributed by atoms with Crippen LogP contribution < -0.4 is 4.90 Å². The number of piperidine rings is 1. The molecule has 1 aromatic heterocycles. The summed E-state index contributed by atoms with van der Waals surface area (Å²) in [6.07, 6.45) is -2.82. The third-order valence-corrected chi connectivity index (χ3v) is 4.63. The first-order valence-corrected chi connectivity index (χ1v) is 8.69. The van der Waals surface area contributed by atoms with Gasteiger partial charge in [-0.1, -0.05) is 6.07 Å². The molecule has 7 heteroatoms. The van der Waals surface area contributed by atoms with Crippen LogP contribution in [0.1, 0.15) is 31.0 Å². The largest absolute Gasteiger partial charge is 0.466 e. The van der Waals surface area contributed by atoms with Crippen molar-refractivity contribution in [3.63, 3.8) is 0 Å². The second kappa shape index (κ2) is 7.13. The highest BCUT2D eigenvalue weighted by Crippen LogP contribution is 2.35. The van der Waals surface area contributed by atoms with Gasteiger partial charge in [0.05, 0.1) is 23.6 Å². The Balaban J connectivity index is 1.97. The van der Waals surface area contributed by atoms with Crippen LogP contribution in [0.5, 0.6) is 0 Å². The molecule has 0 aliphatic carbocycles.